The van der Waals surface area contributed by atoms with Crippen molar-refractivity contribution in [2.24, 2.45) is 0 Å². The smallest absolute Gasteiger partial charge is 0.279 e. The van der Waals surface area contributed by atoms with Gasteiger partial charge in [0.2, 0.25) is 0 Å². The van der Waals surface area contributed by atoms with Gasteiger partial charge in [0.15, 0.2) is 12.3 Å². The summed E-state index contributed by atoms with van der Waals surface area (Å²) < 4.78 is 12.9. The van der Waals surface area contributed by atoms with Crippen LogP contribution >= 0.6 is 0 Å². The van der Waals surface area contributed by atoms with Crippen LogP contribution in [0.25, 0.3) is 0 Å². The monoisotopic (exact) mass is 373 g/mol. The van der Waals surface area contributed by atoms with Crippen molar-refractivity contribution < 1.29 is 23.7 Å². The lowest BCUT2D eigenvalue weighted by Crippen LogP contribution is -3.15. The van der Waals surface area contributed by atoms with Crippen LogP contribution in [0.2, 0.25) is 0 Å². The molecule has 0 aliphatic carbocycles. The quantitative estimate of drug-likeness (QED) is 0.661. The summed E-state index contributed by atoms with van der Waals surface area (Å²) in [5, 5.41) is 2.75. The molecule has 1 aromatic heterocycles. The van der Waals surface area contributed by atoms with E-state index in [-0.39, 0.29) is 30.0 Å². The third-order valence-corrected chi connectivity index (χ3v) is 4.62. The van der Waals surface area contributed by atoms with E-state index >= 15 is 0 Å². The van der Waals surface area contributed by atoms with E-state index in [1.54, 1.807) is 11.0 Å². The normalized spacial score (nSPS) is 14.8. The van der Waals surface area contributed by atoms with Crippen molar-refractivity contribution in [1.82, 2.24) is 9.88 Å². The molecule has 1 aromatic carbocycles. The van der Waals surface area contributed by atoms with Gasteiger partial charge in [0.25, 0.3) is 11.8 Å². The Bertz CT molecular complexity index is 839. The van der Waals surface area contributed by atoms with Gasteiger partial charge >= 0.3 is 0 Å². The summed E-state index contributed by atoms with van der Waals surface area (Å²) in [6, 6.07) is 7.20. The molecule has 0 bridgehead atoms. The Hall–Kier alpha value is -3.00. The molecule has 1 fully saturated rings. The molecule has 8 heteroatoms. The first kappa shape index (κ1) is 18.8. The standard InChI is InChI=1S/C19H21FN4O3/c1-13(25)14-10-17(21-11-14)19(27)24-8-6-23(7-9-24)12-18(26)22-16-4-2-15(20)3-5-16/h2-5,10-11,21H,6-9,12H2,1H3,(H,22,26)/p+1. The first-order valence-electron chi connectivity index (χ1n) is 8.80. The zero-order valence-electron chi connectivity index (χ0n) is 15.0. The Morgan fingerprint density at radius 2 is 1.85 bits per heavy atom. The molecule has 7 nitrogen and oxygen atoms in total. The van der Waals surface area contributed by atoms with Gasteiger partial charge in [-0.05, 0) is 37.3 Å². The molecule has 3 N–H and O–H groups in total. The van der Waals surface area contributed by atoms with Crippen LogP contribution in [0.4, 0.5) is 10.1 Å². The second-order valence-corrected chi connectivity index (χ2v) is 6.63. The van der Waals surface area contributed by atoms with Crippen molar-refractivity contribution in [3.63, 3.8) is 0 Å². The molecule has 142 valence electrons. The molecule has 0 spiro atoms. The van der Waals surface area contributed by atoms with E-state index in [4.69, 9.17) is 0 Å². The van der Waals surface area contributed by atoms with Gasteiger partial charge < -0.3 is 20.1 Å². The minimum Gasteiger partial charge on any atom is -0.356 e. The van der Waals surface area contributed by atoms with Crippen molar-refractivity contribution in [2.45, 2.75) is 6.92 Å². The topological polar surface area (TPSA) is 86.7 Å². The molecule has 27 heavy (non-hydrogen) atoms. The molecule has 2 amide bonds. The van der Waals surface area contributed by atoms with E-state index in [0.717, 1.165) is 4.90 Å². The highest BCUT2D eigenvalue weighted by molar-refractivity contribution is 5.99. The predicted molar refractivity (Wildman–Crippen MR) is 97.3 cm³/mol. The van der Waals surface area contributed by atoms with E-state index in [0.29, 0.717) is 43.1 Å². The summed E-state index contributed by atoms with van der Waals surface area (Å²) >= 11 is 0. The van der Waals surface area contributed by atoms with Crippen LogP contribution in [0.3, 0.4) is 0 Å². The van der Waals surface area contributed by atoms with Crippen molar-refractivity contribution in [3.8, 4) is 0 Å². The van der Waals surface area contributed by atoms with Crippen molar-refractivity contribution in [2.75, 3.05) is 38.0 Å². The van der Waals surface area contributed by atoms with Gasteiger partial charge in [-0.3, -0.25) is 14.4 Å². The molecule has 2 aromatic rings. The number of nitrogens with zero attached hydrogens (tertiary/aromatic N) is 1. The first-order chi connectivity index (χ1) is 12.9. The lowest BCUT2D eigenvalue weighted by atomic mass is 10.2. The van der Waals surface area contributed by atoms with Gasteiger partial charge in [-0.15, -0.1) is 0 Å². The highest BCUT2D eigenvalue weighted by atomic mass is 19.1. The lowest BCUT2D eigenvalue weighted by molar-refractivity contribution is -0.895. The average Bonchev–Trinajstić information content (AvgIpc) is 3.14. The van der Waals surface area contributed by atoms with Gasteiger partial charge in [-0.1, -0.05) is 0 Å². The van der Waals surface area contributed by atoms with Crippen LogP contribution in [0, 0.1) is 5.82 Å². The molecule has 0 atom stereocenters. The molecule has 2 heterocycles. The number of carbonyl (C=O) groups is 3. The number of quaternary nitrogens is 1. The fraction of sp³-hybridized carbons (Fsp3) is 0.316. The fourth-order valence-corrected chi connectivity index (χ4v) is 3.06. The van der Waals surface area contributed by atoms with Crippen LogP contribution in [0.15, 0.2) is 36.5 Å². The minimum atomic E-state index is -0.350. The number of halogens is 1. The van der Waals surface area contributed by atoms with Crippen LogP contribution in [-0.4, -0.2) is 60.2 Å². The van der Waals surface area contributed by atoms with Gasteiger partial charge in [-0.25, -0.2) is 4.39 Å². The summed E-state index contributed by atoms with van der Waals surface area (Å²) in [4.78, 5) is 41.6. The zero-order chi connectivity index (χ0) is 19.4. The first-order valence-corrected chi connectivity index (χ1v) is 8.80. The second-order valence-electron chi connectivity index (χ2n) is 6.63. The largest absolute Gasteiger partial charge is 0.356 e. The van der Waals surface area contributed by atoms with Gasteiger partial charge in [0.05, 0.1) is 26.2 Å². The Balaban J connectivity index is 1.48. The van der Waals surface area contributed by atoms with E-state index in [9.17, 15) is 18.8 Å². The number of carbonyl (C=O) groups excluding carboxylic acids is 3. The number of ketones is 1. The summed E-state index contributed by atoms with van der Waals surface area (Å²) in [7, 11) is 0. The van der Waals surface area contributed by atoms with Gasteiger partial charge in [-0.2, -0.15) is 0 Å². The van der Waals surface area contributed by atoms with Gasteiger partial charge in [0.1, 0.15) is 11.5 Å². The zero-order valence-corrected chi connectivity index (χ0v) is 15.0. The fourth-order valence-electron chi connectivity index (χ4n) is 3.06. The van der Waals surface area contributed by atoms with E-state index < -0.39 is 0 Å². The maximum absolute atomic E-state index is 12.9. The highest BCUT2D eigenvalue weighted by Crippen LogP contribution is 2.09. The third kappa shape index (κ3) is 4.79. The van der Waals surface area contributed by atoms with Crippen LogP contribution in [0.1, 0.15) is 27.8 Å². The number of benzene rings is 1. The number of Topliss-reactive ketones (excluding diaryl/α,β-unsaturated/α-hetero) is 1. The molecular weight excluding hydrogens is 351 g/mol. The van der Waals surface area contributed by atoms with Crippen LogP contribution in [-0.2, 0) is 4.79 Å². The number of piperazine rings is 1. The molecule has 1 aliphatic heterocycles. The number of aromatic nitrogens is 1. The number of rotatable bonds is 5. The summed E-state index contributed by atoms with van der Waals surface area (Å²) in [6.45, 7) is 4.12. The van der Waals surface area contributed by atoms with Crippen LogP contribution < -0.4 is 10.2 Å². The lowest BCUT2D eigenvalue weighted by Gasteiger charge is -2.31. The Morgan fingerprint density at radius 1 is 1.19 bits per heavy atom. The minimum absolute atomic E-state index is 0.0910. The number of aromatic amines is 1. The molecule has 1 saturated heterocycles. The SMILES string of the molecule is CC(=O)c1c[nH]c(C(=O)N2CC[NH+](CC(=O)Nc3ccc(F)cc3)CC2)c1. The predicted octanol–water partition coefficient (Wildman–Crippen LogP) is 0.336. The highest BCUT2D eigenvalue weighted by Gasteiger charge is 2.26. The van der Waals surface area contributed by atoms with E-state index in [1.807, 2.05) is 0 Å². The van der Waals surface area contributed by atoms with Crippen molar-refractivity contribution in [1.29, 1.82) is 0 Å². The van der Waals surface area contributed by atoms with Gasteiger partial charge in [0, 0.05) is 17.4 Å². The molecule has 3 rings (SSSR count). The Labute approximate surface area is 156 Å². The maximum Gasteiger partial charge on any atom is 0.279 e. The van der Waals surface area contributed by atoms with E-state index in [1.165, 1.54) is 37.4 Å². The summed E-state index contributed by atoms with van der Waals surface area (Å²) in [5.74, 6) is -0.729. The van der Waals surface area contributed by atoms with E-state index in [2.05, 4.69) is 10.3 Å². The van der Waals surface area contributed by atoms with Crippen molar-refractivity contribution >= 4 is 23.3 Å². The molecular formula is C19H22FN4O3+. The van der Waals surface area contributed by atoms with Crippen LogP contribution in [0.5, 0.6) is 0 Å². The number of anilines is 1. The van der Waals surface area contributed by atoms with Crippen molar-refractivity contribution in [3.05, 3.63) is 53.6 Å². The molecule has 0 radical (unpaired) electrons. The number of hydrogen-bond acceptors (Lipinski definition) is 3. The molecule has 1 aliphatic rings. The average molecular weight is 373 g/mol. The number of H-pyrrole nitrogens is 1. The Kier molecular flexibility index (Phi) is 5.66. The maximum atomic E-state index is 12.9. The number of hydrogen-bond donors (Lipinski definition) is 3. The number of amides is 2. The third-order valence-electron chi connectivity index (χ3n) is 4.62. The Morgan fingerprint density at radius 3 is 2.44 bits per heavy atom. The second kappa shape index (κ2) is 8.13. The number of nitrogens with one attached hydrogen (secondary N) is 3. The summed E-state index contributed by atoms with van der Waals surface area (Å²) in [6.07, 6.45) is 1.54. The molecule has 0 unspecified atom stereocenters. The summed E-state index contributed by atoms with van der Waals surface area (Å²) in [5.41, 5.74) is 1.44. The molecule has 0 saturated carbocycles.